The largest absolute Gasteiger partial charge is 0.497 e. The van der Waals surface area contributed by atoms with Crippen molar-refractivity contribution in [3.05, 3.63) is 48.5 Å². The Balaban J connectivity index is 2.51. The number of anilines is 1. The molecule has 98 valence electrons. The van der Waals surface area contributed by atoms with Crippen LogP contribution in [0.2, 0.25) is 0 Å². The van der Waals surface area contributed by atoms with Gasteiger partial charge in [0.25, 0.3) is 0 Å². The van der Waals surface area contributed by atoms with Crippen molar-refractivity contribution in [3.8, 4) is 16.9 Å². The standard InChI is InChI=1S/C14H14N2O2S/c1-18-13-8-11(10-5-3-2-4-6-10)7-12(9-13)16(19)14(15)17/h2-9,19H,1H3,(H2,15,17). The van der Waals surface area contributed by atoms with Crippen LogP contribution < -0.4 is 14.8 Å². The average Bonchev–Trinajstić information content (AvgIpc) is 2.46. The van der Waals surface area contributed by atoms with Crippen LogP contribution in [-0.4, -0.2) is 13.1 Å². The number of urea groups is 1. The summed E-state index contributed by atoms with van der Waals surface area (Å²) in [6.07, 6.45) is 0. The van der Waals surface area contributed by atoms with Crippen molar-refractivity contribution in [1.29, 1.82) is 0 Å². The van der Waals surface area contributed by atoms with E-state index in [0.717, 1.165) is 15.4 Å². The first-order chi connectivity index (χ1) is 9.11. The second-order valence-electron chi connectivity index (χ2n) is 3.94. The summed E-state index contributed by atoms with van der Waals surface area (Å²) >= 11 is 4.06. The molecule has 0 unspecified atom stereocenters. The molecule has 2 aromatic carbocycles. The van der Waals surface area contributed by atoms with Gasteiger partial charge in [0.15, 0.2) is 0 Å². The molecular formula is C14H14N2O2S. The Labute approximate surface area is 117 Å². The summed E-state index contributed by atoms with van der Waals surface area (Å²) in [6.45, 7) is 0. The van der Waals surface area contributed by atoms with E-state index in [1.807, 2.05) is 42.5 Å². The van der Waals surface area contributed by atoms with E-state index in [2.05, 4.69) is 12.8 Å². The van der Waals surface area contributed by atoms with E-state index in [9.17, 15) is 4.79 Å². The van der Waals surface area contributed by atoms with Gasteiger partial charge in [-0.3, -0.25) is 0 Å². The van der Waals surface area contributed by atoms with Crippen molar-refractivity contribution in [2.45, 2.75) is 0 Å². The molecule has 0 aliphatic rings. The fourth-order valence-corrected chi connectivity index (χ4v) is 1.86. The maximum Gasteiger partial charge on any atom is 0.329 e. The van der Waals surface area contributed by atoms with E-state index in [4.69, 9.17) is 10.5 Å². The lowest BCUT2D eigenvalue weighted by molar-refractivity contribution is 0.257. The number of benzene rings is 2. The molecule has 0 atom stereocenters. The maximum atomic E-state index is 11.2. The molecule has 0 aromatic heterocycles. The fourth-order valence-electron chi connectivity index (χ4n) is 1.75. The minimum atomic E-state index is -0.643. The van der Waals surface area contributed by atoms with Crippen LogP contribution in [0.5, 0.6) is 5.75 Å². The number of thiol groups is 1. The minimum absolute atomic E-state index is 0.564. The SMILES string of the molecule is COc1cc(-c2ccccc2)cc(N(S)C(N)=O)c1. The first-order valence-electron chi connectivity index (χ1n) is 5.65. The van der Waals surface area contributed by atoms with Gasteiger partial charge in [-0.25, -0.2) is 9.10 Å². The first kappa shape index (κ1) is 13.3. The number of carbonyl (C=O) groups excluding carboxylic acids is 1. The van der Waals surface area contributed by atoms with Gasteiger partial charge in [-0.05, 0) is 23.3 Å². The minimum Gasteiger partial charge on any atom is -0.497 e. The zero-order valence-corrected chi connectivity index (χ0v) is 11.3. The molecule has 2 aromatic rings. The molecular weight excluding hydrogens is 260 g/mol. The zero-order valence-electron chi connectivity index (χ0n) is 10.4. The summed E-state index contributed by atoms with van der Waals surface area (Å²) in [6, 6.07) is 14.6. The van der Waals surface area contributed by atoms with Crippen LogP contribution >= 0.6 is 12.8 Å². The molecule has 0 spiro atoms. The van der Waals surface area contributed by atoms with Gasteiger partial charge < -0.3 is 10.5 Å². The third kappa shape index (κ3) is 3.00. The highest BCUT2D eigenvalue weighted by atomic mass is 32.1. The van der Waals surface area contributed by atoms with Gasteiger partial charge in [0, 0.05) is 6.07 Å². The Kier molecular flexibility index (Phi) is 3.97. The van der Waals surface area contributed by atoms with Crippen LogP contribution in [0.1, 0.15) is 0 Å². The van der Waals surface area contributed by atoms with Crippen LogP contribution in [0, 0.1) is 0 Å². The van der Waals surface area contributed by atoms with Crippen molar-refractivity contribution >= 4 is 24.5 Å². The predicted octanol–water partition coefficient (Wildman–Crippen LogP) is 3.09. The Morgan fingerprint density at radius 2 is 1.84 bits per heavy atom. The number of rotatable bonds is 3. The van der Waals surface area contributed by atoms with Gasteiger partial charge >= 0.3 is 6.03 Å². The van der Waals surface area contributed by atoms with Crippen molar-refractivity contribution in [1.82, 2.24) is 0 Å². The molecule has 0 aliphatic carbocycles. The Morgan fingerprint density at radius 3 is 2.42 bits per heavy atom. The van der Waals surface area contributed by atoms with Crippen molar-refractivity contribution in [2.75, 3.05) is 11.4 Å². The van der Waals surface area contributed by atoms with Gasteiger partial charge in [-0.15, -0.1) is 0 Å². The Bertz CT molecular complexity index is 587. The molecule has 4 nitrogen and oxygen atoms in total. The van der Waals surface area contributed by atoms with Crippen LogP contribution in [0.4, 0.5) is 10.5 Å². The first-order valence-corrected chi connectivity index (χ1v) is 6.05. The van der Waals surface area contributed by atoms with Crippen LogP contribution in [-0.2, 0) is 0 Å². The number of hydrogen-bond acceptors (Lipinski definition) is 3. The molecule has 0 saturated carbocycles. The van der Waals surface area contributed by atoms with E-state index < -0.39 is 6.03 Å². The predicted molar refractivity (Wildman–Crippen MR) is 79.5 cm³/mol. The van der Waals surface area contributed by atoms with Gasteiger partial charge in [0.05, 0.1) is 12.8 Å². The van der Waals surface area contributed by atoms with E-state index in [0.29, 0.717) is 11.4 Å². The summed E-state index contributed by atoms with van der Waals surface area (Å²) in [5.74, 6) is 0.636. The number of nitrogens with zero attached hydrogens (tertiary/aromatic N) is 1. The molecule has 2 amide bonds. The van der Waals surface area contributed by atoms with Crippen LogP contribution in [0.15, 0.2) is 48.5 Å². The summed E-state index contributed by atoms with van der Waals surface area (Å²) in [5, 5.41) is 0. The number of carbonyl (C=O) groups is 1. The second kappa shape index (κ2) is 5.67. The number of ether oxygens (including phenoxy) is 1. The molecule has 2 rings (SSSR count). The number of nitrogens with two attached hydrogens (primary N) is 1. The molecule has 0 saturated heterocycles. The smallest absolute Gasteiger partial charge is 0.329 e. The van der Waals surface area contributed by atoms with Gasteiger partial charge in [-0.2, -0.15) is 0 Å². The molecule has 0 fully saturated rings. The van der Waals surface area contributed by atoms with E-state index in [1.165, 1.54) is 0 Å². The Hall–Kier alpha value is -2.14. The molecule has 2 N–H and O–H groups in total. The summed E-state index contributed by atoms with van der Waals surface area (Å²) in [4.78, 5) is 11.2. The van der Waals surface area contributed by atoms with Crippen molar-refractivity contribution < 1.29 is 9.53 Å². The summed E-state index contributed by atoms with van der Waals surface area (Å²) in [5.41, 5.74) is 7.73. The molecule has 0 bridgehead atoms. The van der Waals surface area contributed by atoms with Crippen LogP contribution in [0.3, 0.4) is 0 Å². The number of primary amides is 1. The lowest BCUT2D eigenvalue weighted by Gasteiger charge is -2.15. The Morgan fingerprint density at radius 1 is 1.16 bits per heavy atom. The molecule has 19 heavy (non-hydrogen) atoms. The van der Waals surface area contributed by atoms with Crippen molar-refractivity contribution in [3.63, 3.8) is 0 Å². The maximum absolute atomic E-state index is 11.2. The van der Waals surface area contributed by atoms with Crippen LogP contribution in [0.25, 0.3) is 11.1 Å². The number of hydrogen-bond donors (Lipinski definition) is 2. The van der Waals surface area contributed by atoms with E-state index in [-0.39, 0.29) is 0 Å². The molecule has 0 aliphatic heterocycles. The van der Waals surface area contributed by atoms with Crippen molar-refractivity contribution in [2.24, 2.45) is 5.73 Å². The normalized spacial score (nSPS) is 10.0. The lowest BCUT2D eigenvalue weighted by atomic mass is 10.0. The van der Waals surface area contributed by atoms with Gasteiger partial charge in [0.2, 0.25) is 0 Å². The van der Waals surface area contributed by atoms with E-state index in [1.54, 1.807) is 13.2 Å². The number of amides is 2. The van der Waals surface area contributed by atoms with Gasteiger partial charge in [0.1, 0.15) is 5.75 Å². The summed E-state index contributed by atoms with van der Waals surface area (Å²) in [7, 11) is 1.57. The third-order valence-corrected chi connectivity index (χ3v) is 3.12. The zero-order chi connectivity index (χ0) is 13.8. The average molecular weight is 274 g/mol. The summed E-state index contributed by atoms with van der Waals surface area (Å²) < 4.78 is 6.31. The lowest BCUT2D eigenvalue weighted by Crippen LogP contribution is -2.27. The quantitative estimate of drug-likeness (QED) is 0.845. The second-order valence-corrected chi connectivity index (χ2v) is 4.34. The monoisotopic (exact) mass is 274 g/mol. The molecule has 5 heteroatoms. The fraction of sp³-hybridized carbons (Fsp3) is 0.0714. The van der Waals surface area contributed by atoms with Gasteiger partial charge in [-0.1, -0.05) is 43.1 Å². The van der Waals surface area contributed by atoms with E-state index >= 15 is 0 Å². The molecule has 0 radical (unpaired) electrons. The topological polar surface area (TPSA) is 55.6 Å². The highest BCUT2D eigenvalue weighted by Crippen LogP contribution is 2.30. The highest BCUT2D eigenvalue weighted by Gasteiger charge is 2.11. The highest BCUT2D eigenvalue weighted by molar-refractivity contribution is 7.82. The third-order valence-electron chi connectivity index (χ3n) is 2.69. The number of methoxy groups -OCH3 is 1. The molecule has 0 heterocycles.